The largest absolute Gasteiger partial charge is 0.394 e. The van der Waals surface area contributed by atoms with E-state index in [-0.39, 0.29) is 5.82 Å². The van der Waals surface area contributed by atoms with Crippen LogP contribution in [0.25, 0.3) is 0 Å². The number of carbonyl (C=O) groups excluding carboxylic acids is 1. The molecule has 1 fully saturated rings. The molecule has 2 aromatic rings. The average Bonchev–Trinajstić information content (AvgIpc) is 2.68. The summed E-state index contributed by atoms with van der Waals surface area (Å²) in [6, 6.07) is 9.57. The number of carbonyl (C=O) groups is 1. The minimum Gasteiger partial charge on any atom is -0.394 e. The van der Waals surface area contributed by atoms with Crippen LogP contribution in [-0.2, 0) is 4.74 Å². The number of aromatic nitrogens is 2. The van der Waals surface area contributed by atoms with Gasteiger partial charge in [0.2, 0.25) is 0 Å². The van der Waals surface area contributed by atoms with E-state index in [0.29, 0.717) is 5.56 Å². The van der Waals surface area contributed by atoms with Gasteiger partial charge >= 0.3 is 5.69 Å². The fourth-order valence-electron chi connectivity index (χ4n) is 2.74. The molecule has 10 heteroatoms. The lowest BCUT2D eigenvalue weighted by Gasteiger charge is -2.39. The molecule has 0 saturated carbocycles. The van der Waals surface area contributed by atoms with Gasteiger partial charge in [-0.1, -0.05) is 18.2 Å². The maximum Gasteiger partial charge on any atom is 0.351 e. The molecule has 0 aliphatic carbocycles. The fraction of sp³-hybridized carbons (Fsp3) is 0.353. The summed E-state index contributed by atoms with van der Waals surface area (Å²) in [5.41, 5.74) is -0.542. The van der Waals surface area contributed by atoms with Crippen molar-refractivity contribution in [1.29, 1.82) is 0 Å². The zero-order chi connectivity index (χ0) is 19.6. The Morgan fingerprint density at radius 2 is 1.93 bits per heavy atom. The van der Waals surface area contributed by atoms with Gasteiger partial charge in [-0.15, -0.1) is 0 Å². The van der Waals surface area contributed by atoms with Gasteiger partial charge in [-0.05, 0) is 18.2 Å². The summed E-state index contributed by atoms with van der Waals surface area (Å²) in [5.74, 6) is -0.507. The van der Waals surface area contributed by atoms with Crippen LogP contribution in [0.15, 0.2) is 47.4 Å². The summed E-state index contributed by atoms with van der Waals surface area (Å²) >= 11 is 0. The van der Waals surface area contributed by atoms with E-state index in [1.807, 2.05) is 0 Å². The molecule has 1 aliphatic rings. The van der Waals surface area contributed by atoms with Crippen molar-refractivity contribution in [3.63, 3.8) is 0 Å². The maximum absolute atomic E-state index is 14.0. The Kier molecular flexibility index (Phi) is 5.61. The molecular weight excluding hydrogens is 361 g/mol. The Hall–Kier alpha value is -2.66. The molecule has 2 heterocycles. The lowest BCUT2D eigenvalue weighted by Crippen LogP contribution is -2.56. The standard InChI is InChI=1S/C17H18FN3O6/c18-12-13(23)10(8-22)27-16(14(12)24)21-7-6-11(20-17(21)26)19-15(25)9-4-2-1-3-5-9/h1-7,10,12-14,16,22-24H,8H2,(H,19,20,25,26)/t10-,12+,13-,14-,16-/m1/s1. The minimum absolute atomic E-state index is 0.0362. The predicted octanol–water partition coefficient (Wildman–Crippen LogP) is -0.555. The summed E-state index contributed by atoms with van der Waals surface area (Å²) in [6.45, 7) is -0.696. The second kappa shape index (κ2) is 7.92. The van der Waals surface area contributed by atoms with E-state index in [1.165, 1.54) is 12.3 Å². The van der Waals surface area contributed by atoms with Crippen LogP contribution in [0.4, 0.5) is 10.2 Å². The number of halogens is 1. The van der Waals surface area contributed by atoms with Crippen LogP contribution in [0.2, 0.25) is 0 Å². The highest BCUT2D eigenvalue weighted by molar-refractivity contribution is 6.03. The molecule has 1 aromatic carbocycles. The Balaban J connectivity index is 1.80. The van der Waals surface area contributed by atoms with E-state index in [9.17, 15) is 24.2 Å². The topological polar surface area (TPSA) is 134 Å². The molecule has 9 nitrogen and oxygen atoms in total. The van der Waals surface area contributed by atoms with E-state index in [0.717, 1.165) is 4.57 Å². The average molecular weight is 379 g/mol. The summed E-state index contributed by atoms with van der Waals surface area (Å²) < 4.78 is 20.1. The van der Waals surface area contributed by atoms with Crippen LogP contribution < -0.4 is 11.0 Å². The van der Waals surface area contributed by atoms with Crippen LogP contribution in [0.1, 0.15) is 16.6 Å². The molecule has 0 spiro atoms. The maximum atomic E-state index is 14.0. The number of nitrogens with one attached hydrogen (secondary N) is 1. The van der Waals surface area contributed by atoms with E-state index in [4.69, 9.17) is 9.84 Å². The van der Waals surface area contributed by atoms with Crippen molar-refractivity contribution < 1.29 is 29.2 Å². The first kappa shape index (κ1) is 19.1. The second-order valence-corrected chi connectivity index (χ2v) is 6.00. The number of hydrogen-bond donors (Lipinski definition) is 4. The van der Waals surface area contributed by atoms with Crippen molar-refractivity contribution >= 4 is 11.7 Å². The van der Waals surface area contributed by atoms with Crippen molar-refractivity contribution in [2.24, 2.45) is 0 Å². The summed E-state index contributed by atoms with van der Waals surface area (Å²) in [7, 11) is 0. The van der Waals surface area contributed by atoms with E-state index in [2.05, 4.69) is 10.3 Å². The number of benzene rings is 1. The second-order valence-electron chi connectivity index (χ2n) is 6.00. The third-order valence-electron chi connectivity index (χ3n) is 4.20. The first-order chi connectivity index (χ1) is 12.9. The third-order valence-corrected chi connectivity index (χ3v) is 4.20. The minimum atomic E-state index is -2.12. The number of ether oxygens (including phenoxy) is 1. The summed E-state index contributed by atoms with van der Waals surface area (Å²) in [6.07, 6.45) is -7.31. The highest BCUT2D eigenvalue weighted by Crippen LogP contribution is 2.29. The Labute approximate surface area is 152 Å². The highest BCUT2D eigenvalue weighted by Gasteiger charge is 2.45. The van der Waals surface area contributed by atoms with Gasteiger partial charge in [0.1, 0.15) is 24.1 Å². The van der Waals surface area contributed by atoms with Crippen LogP contribution in [0.3, 0.4) is 0 Å². The molecule has 1 amide bonds. The molecule has 144 valence electrons. The molecule has 1 aliphatic heterocycles. The molecule has 1 aromatic heterocycles. The predicted molar refractivity (Wildman–Crippen MR) is 90.8 cm³/mol. The lowest BCUT2D eigenvalue weighted by atomic mass is 9.99. The van der Waals surface area contributed by atoms with E-state index >= 15 is 0 Å². The van der Waals surface area contributed by atoms with Crippen molar-refractivity contribution in [2.75, 3.05) is 11.9 Å². The Bertz CT molecular complexity index is 859. The molecule has 3 rings (SSSR count). The van der Waals surface area contributed by atoms with Gasteiger partial charge < -0.3 is 25.4 Å². The number of aliphatic hydroxyl groups is 3. The normalized spacial score (nSPS) is 27.9. The summed E-state index contributed by atoms with van der Waals surface area (Å²) in [4.78, 5) is 28.0. The van der Waals surface area contributed by atoms with E-state index < -0.39 is 48.9 Å². The van der Waals surface area contributed by atoms with Crippen LogP contribution in [-0.4, -0.2) is 61.9 Å². The van der Waals surface area contributed by atoms with Crippen LogP contribution >= 0.6 is 0 Å². The number of rotatable bonds is 4. The Morgan fingerprint density at radius 3 is 2.56 bits per heavy atom. The number of amides is 1. The SMILES string of the molecule is O=C(Nc1ccn([C@@H]2O[C@H](CO)[C@@H](O)[C@H](F)[C@H]2O)c(=O)n1)c1ccccc1. The van der Waals surface area contributed by atoms with Gasteiger partial charge in [-0.2, -0.15) is 4.98 Å². The molecule has 0 radical (unpaired) electrons. The quantitative estimate of drug-likeness (QED) is 0.560. The monoisotopic (exact) mass is 379 g/mol. The fourth-order valence-corrected chi connectivity index (χ4v) is 2.74. The molecule has 0 bridgehead atoms. The van der Waals surface area contributed by atoms with E-state index in [1.54, 1.807) is 30.3 Å². The smallest absolute Gasteiger partial charge is 0.351 e. The molecular formula is C17H18FN3O6. The molecule has 1 saturated heterocycles. The van der Waals surface area contributed by atoms with Crippen LogP contribution in [0.5, 0.6) is 0 Å². The number of hydrogen-bond acceptors (Lipinski definition) is 7. The van der Waals surface area contributed by atoms with Gasteiger partial charge in [0.15, 0.2) is 12.4 Å². The number of nitrogens with zero attached hydrogens (tertiary/aromatic N) is 2. The molecule has 5 atom stereocenters. The third kappa shape index (κ3) is 3.88. The first-order valence-electron chi connectivity index (χ1n) is 8.14. The first-order valence-corrected chi connectivity index (χ1v) is 8.14. The zero-order valence-corrected chi connectivity index (χ0v) is 14.0. The van der Waals surface area contributed by atoms with Gasteiger partial charge in [0.25, 0.3) is 5.91 Å². The van der Waals surface area contributed by atoms with Gasteiger partial charge in [-0.25, -0.2) is 9.18 Å². The Morgan fingerprint density at radius 1 is 1.22 bits per heavy atom. The zero-order valence-electron chi connectivity index (χ0n) is 14.0. The molecule has 27 heavy (non-hydrogen) atoms. The van der Waals surface area contributed by atoms with Crippen molar-refractivity contribution in [3.8, 4) is 0 Å². The molecule has 4 N–H and O–H groups in total. The summed E-state index contributed by atoms with van der Waals surface area (Å²) in [5, 5.41) is 31.2. The number of alkyl halides is 1. The number of aliphatic hydroxyl groups excluding tert-OH is 3. The lowest BCUT2D eigenvalue weighted by molar-refractivity contribution is -0.237. The van der Waals surface area contributed by atoms with Crippen molar-refractivity contribution in [2.45, 2.75) is 30.7 Å². The van der Waals surface area contributed by atoms with Gasteiger partial charge in [0, 0.05) is 11.8 Å². The van der Waals surface area contributed by atoms with Gasteiger partial charge in [0.05, 0.1) is 6.61 Å². The van der Waals surface area contributed by atoms with Crippen molar-refractivity contribution in [1.82, 2.24) is 9.55 Å². The van der Waals surface area contributed by atoms with Crippen LogP contribution in [0, 0.1) is 0 Å². The van der Waals surface area contributed by atoms with Crippen molar-refractivity contribution in [3.05, 3.63) is 58.6 Å². The van der Waals surface area contributed by atoms with Gasteiger partial charge in [-0.3, -0.25) is 9.36 Å². The number of anilines is 1. The molecule has 0 unspecified atom stereocenters. The highest BCUT2D eigenvalue weighted by atomic mass is 19.1.